The van der Waals surface area contributed by atoms with Gasteiger partial charge in [-0.15, -0.1) is 0 Å². The summed E-state index contributed by atoms with van der Waals surface area (Å²) >= 11 is 0. The van der Waals surface area contributed by atoms with Crippen LogP contribution in [0.1, 0.15) is 32.0 Å². The van der Waals surface area contributed by atoms with Crippen LogP contribution in [-0.4, -0.2) is 21.8 Å². The first kappa shape index (κ1) is 17.4. The van der Waals surface area contributed by atoms with Gasteiger partial charge < -0.3 is 9.84 Å². The van der Waals surface area contributed by atoms with Crippen molar-refractivity contribution in [3.05, 3.63) is 95.3 Å². The second-order valence-corrected chi connectivity index (χ2v) is 5.75. The number of carboxylic acids is 1. The van der Waals surface area contributed by atoms with Gasteiger partial charge >= 0.3 is 5.97 Å². The Morgan fingerprint density at radius 3 is 2.35 bits per heavy atom. The van der Waals surface area contributed by atoms with Gasteiger partial charge in [-0.05, 0) is 35.4 Å². The summed E-state index contributed by atoms with van der Waals surface area (Å²) in [6, 6.07) is 19.8. The predicted octanol–water partition coefficient (Wildman–Crippen LogP) is 3.78. The highest BCUT2D eigenvalue weighted by Crippen LogP contribution is 2.16. The molecule has 0 amide bonds. The first-order valence-electron chi connectivity index (χ1n) is 8.10. The lowest BCUT2D eigenvalue weighted by Gasteiger charge is -2.07. The van der Waals surface area contributed by atoms with E-state index < -0.39 is 5.97 Å². The summed E-state index contributed by atoms with van der Waals surface area (Å²) in [7, 11) is 0. The quantitative estimate of drug-likeness (QED) is 0.658. The van der Waals surface area contributed by atoms with Crippen LogP contribution in [0.5, 0.6) is 5.75 Å². The van der Waals surface area contributed by atoms with Crippen molar-refractivity contribution >= 4 is 11.8 Å². The molecular weight excluding hydrogens is 330 g/mol. The van der Waals surface area contributed by atoms with Crippen LogP contribution in [-0.2, 0) is 13.0 Å². The summed E-state index contributed by atoms with van der Waals surface area (Å²) in [6.07, 6.45) is 1.48. The van der Waals surface area contributed by atoms with Gasteiger partial charge in [0.2, 0.25) is 0 Å². The second-order valence-electron chi connectivity index (χ2n) is 5.75. The molecular formula is C21H17NO4. The molecule has 0 atom stereocenters. The highest BCUT2D eigenvalue weighted by Gasteiger charge is 2.12. The van der Waals surface area contributed by atoms with Crippen LogP contribution in [0.15, 0.2) is 72.9 Å². The maximum Gasteiger partial charge on any atom is 0.335 e. The van der Waals surface area contributed by atoms with E-state index in [1.165, 1.54) is 18.3 Å². The molecule has 5 heteroatoms. The van der Waals surface area contributed by atoms with Crippen molar-refractivity contribution in [2.75, 3.05) is 0 Å². The SMILES string of the molecule is O=C(O)c1ccnc(C(=O)Cc2ccc(OCc3ccccc3)cc2)c1. The standard InChI is InChI=1S/C21H17NO4/c23-20(19-13-17(21(24)25)10-11-22-19)12-15-6-8-18(9-7-15)26-14-16-4-2-1-3-5-16/h1-11,13H,12,14H2,(H,24,25). The Hall–Kier alpha value is -3.47. The molecule has 0 aliphatic heterocycles. The van der Waals surface area contributed by atoms with E-state index in [0.29, 0.717) is 6.61 Å². The van der Waals surface area contributed by atoms with Crippen molar-refractivity contribution in [1.82, 2.24) is 4.98 Å². The smallest absolute Gasteiger partial charge is 0.335 e. The van der Waals surface area contributed by atoms with E-state index in [4.69, 9.17) is 9.84 Å². The van der Waals surface area contributed by atoms with Crippen molar-refractivity contribution < 1.29 is 19.4 Å². The van der Waals surface area contributed by atoms with Gasteiger partial charge in [0, 0.05) is 12.6 Å². The molecule has 0 aliphatic carbocycles. The van der Waals surface area contributed by atoms with Crippen LogP contribution < -0.4 is 4.74 Å². The number of aromatic carboxylic acids is 1. The van der Waals surface area contributed by atoms with E-state index in [2.05, 4.69) is 4.98 Å². The number of pyridine rings is 1. The Balaban J connectivity index is 1.61. The molecule has 130 valence electrons. The van der Waals surface area contributed by atoms with Gasteiger partial charge in [0.15, 0.2) is 5.78 Å². The number of aromatic nitrogens is 1. The molecule has 1 heterocycles. The number of ether oxygens (including phenoxy) is 1. The fourth-order valence-electron chi connectivity index (χ4n) is 2.44. The van der Waals surface area contributed by atoms with Gasteiger partial charge in [-0.3, -0.25) is 9.78 Å². The minimum atomic E-state index is -1.08. The van der Waals surface area contributed by atoms with Gasteiger partial charge in [-0.1, -0.05) is 42.5 Å². The zero-order chi connectivity index (χ0) is 18.4. The number of benzene rings is 2. The molecule has 3 rings (SSSR count). The van der Waals surface area contributed by atoms with Crippen LogP contribution in [0, 0.1) is 0 Å². The maximum atomic E-state index is 12.3. The molecule has 2 aromatic carbocycles. The molecule has 0 fully saturated rings. The molecule has 5 nitrogen and oxygen atoms in total. The Kier molecular flexibility index (Phi) is 5.39. The molecule has 0 bridgehead atoms. The zero-order valence-corrected chi connectivity index (χ0v) is 14.0. The monoisotopic (exact) mass is 347 g/mol. The third-order valence-corrected chi connectivity index (χ3v) is 3.83. The molecule has 0 aliphatic rings. The highest BCUT2D eigenvalue weighted by atomic mass is 16.5. The molecule has 0 saturated carbocycles. The number of rotatable bonds is 7. The van der Waals surface area contributed by atoms with Gasteiger partial charge in [-0.2, -0.15) is 0 Å². The second kappa shape index (κ2) is 8.07. The number of hydrogen-bond donors (Lipinski definition) is 1. The number of carbonyl (C=O) groups excluding carboxylic acids is 1. The van der Waals surface area contributed by atoms with Crippen LogP contribution in [0.25, 0.3) is 0 Å². The molecule has 3 aromatic rings. The van der Waals surface area contributed by atoms with Crippen LogP contribution >= 0.6 is 0 Å². The molecule has 1 aromatic heterocycles. The Bertz CT molecular complexity index is 905. The van der Waals surface area contributed by atoms with Crippen molar-refractivity contribution in [3.63, 3.8) is 0 Å². The average molecular weight is 347 g/mol. The summed E-state index contributed by atoms with van der Waals surface area (Å²) < 4.78 is 5.72. The molecule has 0 unspecified atom stereocenters. The van der Waals surface area contributed by atoms with Crippen LogP contribution in [0.2, 0.25) is 0 Å². The number of hydrogen-bond acceptors (Lipinski definition) is 4. The third kappa shape index (κ3) is 4.54. The van der Waals surface area contributed by atoms with Crippen LogP contribution in [0.3, 0.4) is 0 Å². The third-order valence-electron chi connectivity index (χ3n) is 3.83. The van der Waals surface area contributed by atoms with Crippen LogP contribution in [0.4, 0.5) is 0 Å². The topological polar surface area (TPSA) is 76.5 Å². The first-order chi connectivity index (χ1) is 12.6. The fourth-order valence-corrected chi connectivity index (χ4v) is 2.44. The predicted molar refractivity (Wildman–Crippen MR) is 96.4 cm³/mol. The van der Waals surface area contributed by atoms with Gasteiger partial charge in [0.05, 0.1) is 5.56 Å². The summed E-state index contributed by atoms with van der Waals surface area (Å²) in [6.45, 7) is 0.477. The molecule has 1 N–H and O–H groups in total. The summed E-state index contributed by atoms with van der Waals surface area (Å²) in [4.78, 5) is 27.2. The van der Waals surface area contributed by atoms with E-state index in [1.807, 2.05) is 54.6 Å². The lowest BCUT2D eigenvalue weighted by atomic mass is 10.1. The van der Waals surface area contributed by atoms with Crippen molar-refractivity contribution in [2.24, 2.45) is 0 Å². The van der Waals surface area contributed by atoms with Crippen molar-refractivity contribution in [3.8, 4) is 5.75 Å². The molecule has 0 spiro atoms. The van der Waals surface area contributed by atoms with Crippen molar-refractivity contribution in [2.45, 2.75) is 13.0 Å². The van der Waals surface area contributed by atoms with Crippen molar-refractivity contribution in [1.29, 1.82) is 0 Å². The van der Waals surface area contributed by atoms with Gasteiger partial charge in [-0.25, -0.2) is 4.79 Å². The number of Topliss-reactive ketones (excluding diaryl/α,β-unsaturated/α-hetero) is 1. The number of ketones is 1. The average Bonchev–Trinajstić information content (AvgIpc) is 2.68. The van der Waals surface area contributed by atoms with E-state index in [1.54, 1.807) is 0 Å². The first-order valence-corrected chi connectivity index (χ1v) is 8.10. The van der Waals surface area contributed by atoms with E-state index in [-0.39, 0.29) is 23.5 Å². The lowest BCUT2D eigenvalue weighted by molar-refractivity contribution is 0.0696. The van der Waals surface area contributed by atoms with E-state index in [0.717, 1.165) is 16.9 Å². The molecule has 0 radical (unpaired) electrons. The normalized spacial score (nSPS) is 10.3. The number of carbonyl (C=O) groups is 2. The Labute approximate surface area is 150 Å². The molecule has 0 saturated heterocycles. The highest BCUT2D eigenvalue weighted by molar-refractivity contribution is 5.98. The minimum absolute atomic E-state index is 0.0491. The summed E-state index contributed by atoms with van der Waals surface area (Å²) in [5.41, 5.74) is 2.09. The van der Waals surface area contributed by atoms with E-state index >= 15 is 0 Å². The molecule has 26 heavy (non-hydrogen) atoms. The number of nitrogens with zero attached hydrogens (tertiary/aromatic N) is 1. The maximum absolute atomic E-state index is 12.3. The fraction of sp³-hybridized carbons (Fsp3) is 0.0952. The largest absolute Gasteiger partial charge is 0.489 e. The lowest BCUT2D eigenvalue weighted by Crippen LogP contribution is -2.08. The minimum Gasteiger partial charge on any atom is -0.489 e. The Morgan fingerprint density at radius 1 is 0.923 bits per heavy atom. The van der Waals surface area contributed by atoms with E-state index in [9.17, 15) is 9.59 Å². The Morgan fingerprint density at radius 2 is 1.65 bits per heavy atom. The zero-order valence-electron chi connectivity index (χ0n) is 14.0. The summed E-state index contributed by atoms with van der Waals surface area (Å²) in [5, 5.41) is 8.99. The number of carboxylic acid groups (broad SMARTS) is 1. The van der Waals surface area contributed by atoms with Gasteiger partial charge in [0.1, 0.15) is 18.1 Å². The summed E-state index contributed by atoms with van der Waals surface area (Å²) in [5.74, 6) is -0.594. The van der Waals surface area contributed by atoms with Gasteiger partial charge in [0.25, 0.3) is 0 Å².